The van der Waals surface area contributed by atoms with E-state index in [4.69, 9.17) is 9.84 Å². The Morgan fingerprint density at radius 3 is 2.74 bits per heavy atom. The predicted octanol–water partition coefficient (Wildman–Crippen LogP) is 2.77. The normalized spacial score (nSPS) is 12.0. The molecule has 0 aliphatic heterocycles. The first kappa shape index (κ1) is 15.3. The fourth-order valence-electron chi connectivity index (χ4n) is 1.94. The molecule has 0 amide bonds. The Morgan fingerprint density at radius 1 is 1.53 bits per heavy atom. The van der Waals surface area contributed by atoms with Gasteiger partial charge in [0.15, 0.2) is 11.6 Å². The summed E-state index contributed by atoms with van der Waals surface area (Å²) in [6.07, 6.45) is 0.101. The van der Waals surface area contributed by atoms with Gasteiger partial charge in [0, 0.05) is 31.8 Å². The zero-order valence-corrected chi connectivity index (χ0v) is 11.5. The molecule has 0 bridgehead atoms. The van der Waals surface area contributed by atoms with E-state index in [-0.39, 0.29) is 18.1 Å². The Balaban J connectivity index is 2.69. The van der Waals surface area contributed by atoms with Crippen LogP contribution in [0, 0.1) is 11.7 Å². The van der Waals surface area contributed by atoms with E-state index >= 15 is 0 Å². The zero-order chi connectivity index (χ0) is 14.4. The molecule has 1 aromatic carbocycles. The number of carbonyl (C=O) groups is 1. The number of carboxylic acids is 1. The van der Waals surface area contributed by atoms with E-state index in [1.165, 1.54) is 6.07 Å². The number of hydrogen-bond donors (Lipinski definition) is 1. The number of carboxylic acid groups (broad SMARTS) is 1. The number of benzene rings is 1. The average Bonchev–Trinajstić information content (AvgIpc) is 2.30. The number of halogens is 1. The van der Waals surface area contributed by atoms with Crippen molar-refractivity contribution in [2.75, 3.05) is 25.1 Å². The van der Waals surface area contributed by atoms with Crippen LogP contribution >= 0.6 is 0 Å². The lowest BCUT2D eigenvalue weighted by Gasteiger charge is -2.23. The summed E-state index contributed by atoms with van der Waals surface area (Å²) in [7, 11) is 1.81. The molecule has 0 saturated carbocycles. The SMILES string of the molecule is CCOc1ccc(N(C)CC(C)CC(=O)O)cc1F. The molecule has 1 rings (SSSR count). The Hall–Kier alpha value is -1.78. The van der Waals surface area contributed by atoms with E-state index in [0.29, 0.717) is 18.8 Å². The van der Waals surface area contributed by atoms with E-state index in [0.717, 1.165) is 0 Å². The molecular weight excluding hydrogens is 249 g/mol. The molecule has 0 heterocycles. The molecule has 0 radical (unpaired) electrons. The zero-order valence-electron chi connectivity index (χ0n) is 11.5. The van der Waals surface area contributed by atoms with Gasteiger partial charge in [0.2, 0.25) is 0 Å². The summed E-state index contributed by atoms with van der Waals surface area (Å²) in [5, 5.41) is 8.71. The smallest absolute Gasteiger partial charge is 0.303 e. The molecule has 4 nitrogen and oxygen atoms in total. The maximum absolute atomic E-state index is 13.7. The predicted molar refractivity (Wildman–Crippen MR) is 72.3 cm³/mol. The van der Waals surface area contributed by atoms with Gasteiger partial charge in [-0.15, -0.1) is 0 Å². The highest BCUT2D eigenvalue weighted by Crippen LogP contribution is 2.24. The quantitative estimate of drug-likeness (QED) is 0.827. The number of nitrogens with zero attached hydrogens (tertiary/aromatic N) is 1. The first-order valence-electron chi connectivity index (χ1n) is 6.29. The molecule has 19 heavy (non-hydrogen) atoms. The highest BCUT2D eigenvalue weighted by molar-refractivity contribution is 5.67. The summed E-state index contributed by atoms with van der Waals surface area (Å²) >= 11 is 0. The monoisotopic (exact) mass is 269 g/mol. The lowest BCUT2D eigenvalue weighted by molar-refractivity contribution is -0.137. The van der Waals surface area contributed by atoms with Crippen LogP contribution in [-0.4, -0.2) is 31.3 Å². The van der Waals surface area contributed by atoms with E-state index in [1.807, 2.05) is 18.9 Å². The largest absolute Gasteiger partial charge is 0.491 e. The number of ether oxygens (including phenoxy) is 1. The number of aliphatic carboxylic acids is 1. The topological polar surface area (TPSA) is 49.8 Å². The van der Waals surface area contributed by atoms with Crippen LogP contribution in [0.1, 0.15) is 20.3 Å². The molecule has 1 atom stereocenters. The lowest BCUT2D eigenvalue weighted by atomic mass is 10.1. The third-order valence-electron chi connectivity index (χ3n) is 2.76. The Bertz CT molecular complexity index is 437. The van der Waals surface area contributed by atoms with Gasteiger partial charge in [-0.25, -0.2) is 4.39 Å². The third kappa shape index (κ3) is 4.77. The maximum atomic E-state index is 13.7. The van der Waals surface area contributed by atoms with Crippen LogP contribution in [0.4, 0.5) is 10.1 Å². The summed E-state index contributed by atoms with van der Waals surface area (Å²) in [5.41, 5.74) is 0.707. The standard InChI is InChI=1S/C14H20FNO3/c1-4-19-13-6-5-11(8-12(13)15)16(3)9-10(2)7-14(17)18/h5-6,8,10H,4,7,9H2,1-3H3,(H,17,18). The van der Waals surface area contributed by atoms with Crippen LogP contribution in [0.2, 0.25) is 0 Å². The van der Waals surface area contributed by atoms with Crippen LogP contribution in [0.25, 0.3) is 0 Å². The highest BCUT2D eigenvalue weighted by atomic mass is 19.1. The fourth-order valence-corrected chi connectivity index (χ4v) is 1.94. The molecule has 5 heteroatoms. The molecule has 1 N–H and O–H groups in total. The van der Waals surface area contributed by atoms with Gasteiger partial charge in [-0.3, -0.25) is 4.79 Å². The first-order valence-corrected chi connectivity index (χ1v) is 6.29. The Kier molecular flexibility index (Phi) is 5.60. The minimum atomic E-state index is -0.821. The van der Waals surface area contributed by atoms with Crippen molar-refractivity contribution in [2.45, 2.75) is 20.3 Å². The molecule has 0 aliphatic rings. The van der Waals surface area contributed by atoms with Gasteiger partial charge in [0.25, 0.3) is 0 Å². The summed E-state index contributed by atoms with van der Waals surface area (Å²) in [6.45, 7) is 4.63. The van der Waals surface area contributed by atoms with Gasteiger partial charge in [-0.1, -0.05) is 6.92 Å². The van der Waals surface area contributed by atoms with Crippen LogP contribution in [0.3, 0.4) is 0 Å². The maximum Gasteiger partial charge on any atom is 0.303 e. The van der Waals surface area contributed by atoms with E-state index in [2.05, 4.69) is 0 Å². The van der Waals surface area contributed by atoms with E-state index < -0.39 is 11.8 Å². The number of anilines is 1. The molecule has 0 aliphatic carbocycles. The Labute approximate surface area is 112 Å². The fraction of sp³-hybridized carbons (Fsp3) is 0.500. The molecule has 0 spiro atoms. The van der Waals surface area contributed by atoms with Gasteiger partial charge in [-0.2, -0.15) is 0 Å². The minimum absolute atomic E-state index is 0.00266. The van der Waals surface area contributed by atoms with Crippen LogP contribution in [-0.2, 0) is 4.79 Å². The molecule has 1 aromatic rings. The van der Waals surface area contributed by atoms with Crippen molar-refractivity contribution in [3.63, 3.8) is 0 Å². The third-order valence-corrected chi connectivity index (χ3v) is 2.76. The Morgan fingerprint density at radius 2 is 2.21 bits per heavy atom. The molecule has 1 unspecified atom stereocenters. The van der Waals surface area contributed by atoms with Crippen LogP contribution in [0.5, 0.6) is 5.75 Å². The second-order valence-electron chi connectivity index (χ2n) is 4.63. The molecule has 0 saturated heterocycles. The number of rotatable bonds is 7. The van der Waals surface area contributed by atoms with Crippen molar-refractivity contribution in [2.24, 2.45) is 5.92 Å². The van der Waals surface area contributed by atoms with Crippen molar-refractivity contribution in [1.29, 1.82) is 0 Å². The molecule has 106 valence electrons. The van der Waals surface area contributed by atoms with Crippen molar-refractivity contribution in [3.05, 3.63) is 24.0 Å². The van der Waals surface area contributed by atoms with Gasteiger partial charge in [-0.05, 0) is 25.0 Å². The summed E-state index contributed by atoms with van der Waals surface area (Å²) in [6, 6.07) is 4.76. The molecule has 0 fully saturated rings. The van der Waals surface area contributed by atoms with Crippen molar-refractivity contribution in [3.8, 4) is 5.75 Å². The second-order valence-corrected chi connectivity index (χ2v) is 4.63. The van der Waals surface area contributed by atoms with Gasteiger partial charge in [0.1, 0.15) is 0 Å². The van der Waals surface area contributed by atoms with Crippen LogP contribution in [0.15, 0.2) is 18.2 Å². The van der Waals surface area contributed by atoms with E-state index in [1.54, 1.807) is 19.1 Å². The van der Waals surface area contributed by atoms with E-state index in [9.17, 15) is 9.18 Å². The van der Waals surface area contributed by atoms with Gasteiger partial charge >= 0.3 is 5.97 Å². The number of hydrogen-bond acceptors (Lipinski definition) is 3. The summed E-state index contributed by atoms with van der Waals surface area (Å²) < 4.78 is 18.8. The van der Waals surface area contributed by atoms with Crippen molar-refractivity contribution in [1.82, 2.24) is 0 Å². The summed E-state index contributed by atoms with van der Waals surface area (Å²) in [4.78, 5) is 12.4. The molecular formula is C14H20FNO3. The lowest BCUT2D eigenvalue weighted by Crippen LogP contribution is -2.25. The van der Waals surface area contributed by atoms with Crippen molar-refractivity contribution < 1.29 is 19.0 Å². The molecule has 0 aromatic heterocycles. The second kappa shape index (κ2) is 6.97. The van der Waals surface area contributed by atoms with Crippen molar-refractivity contribution >= 4 is 11.7 Å². The van der Waals surface area contributed by atoms with Gasteiger partial charge < -0.3 is 14.7 Å². The minimum Gasteiger partial charge on any atom is -0.491 e. The highest BCUT2D eigenvalue weighted by Gasteiger charge is 2.12. The summed E-state index contributed by atoms with van der Waals surface area (Å²) in [5.74, 6) is -0.994. The average molecular weight is 269 g/mol. The van der Waals surface area contributed by atoms with Gasteiger partial charge in [0.05, 0.1) is 6.61 Å². The first-order chi connectivity index (χ1) is 8.93. The van der Waals surface area contributed by atoms with Crippen LogP contribution < -0.4 is 9.64 Å².